The standard InChI is InChI=1S/C20H20O3/c1-22-18-12-6-10-16(20(18)23-2)13-15-9-5-8-14-7-3-4-11-17(14)19(15)21/h3-4,6-7,10-13H,5,8-9H2,1-2H3/b15-13+. The Morgan fingerprint density at radius 1 is 0.957 bits per heavy atom. The molecule has 0 saturated heterocycles. The number of ether oxygens (including phenoxy) is 2. The van der Waals surface area contributed by atoms with Gasteiger partial charge in [-0.3, -0.25) is 4.79 Å². The van der Waals surface area contributed by atoms with Crippen molar-refractivity contribution in [2.75, 3.05) is 14.2 Å². The first kappa shape index (κ1) is 15.3. The molecule has 0 spiro atoms. The van der Waals surface area contributed by atoms with Crippen LogP contribution in [0.3, 0.4) is 0 Å². The molecule has 0 N–H and O–H groups in total. The Labute approximate surface area is 136 Å². The average molecular weight is 308 g/mol. The topological polar surface area (TPSA) is 35.5 Å². The lowest BCUT2D eigenvalue weighted by Gasteiger charge is -2.11. The zero-order chi connectivity index (χ0) is 16.2. The molecule has 3 heteroatoms. The van der Waals surface area contributed by atoms with E-state index in [2.05, 4.69) is 0 Å². The molecule has 3 nitrogen and oxygen atoms in total. The third kappa shape index (κ3) is 3.00. The Hall–Kier alpha value is -2.55. The summed E-state index contributed by atoms with van der Waals surface area (Å²) in [5.74, 6) is 1.44. The largest absolute Gasteiger partial charge is 0.493 e. The molecule has 1 aliphatic carbocycles. The summed E-state index contributed by atoms with van der Waals surface area (Å²) in [5.41, 5.74) is 3.65. The van der Waals surface area contributed by atoms with Crippen LogP contribution in [0.4, 0.5) is 0 Å². The number of carbonyl (C=O) groups excluding carboxylic acids is 1. The van der Waals surface area contributed by atoms with E-state index < -0.39 is 0 Å². The molecular weight excluding hydrogens is 288 g/mol. The highest BCUT2D eigenvalue weighted by Gasteiger charge is 2.20. The van der Waals surface area contributed by atoms with Gasteiger partial charge in [0.2, 0.25) is 0 Å². The predicted octanol–water partition coefficient (Wildman–Crippen LogP) is 4.31. The summed E-state index contributed by atoms with van der Waals surface area (Å²) in [4.78, 5) is 12.9. The number of methoxy groups -OCH3 is 2. The van der Waals surface area contributed by atoms with Gasteiger partial charge in [-0.25, -0.2) is 0 Å². The van der Waals surface area contributed by atoms with Crippen LogP contribution < -0.4 is 9.47 Å². The number of hydrogen-bond acceptors (Lipinski definition) is 3. The van der Waals surface area contributed by atoms with Gasteiger partial charge in [-0.2, -0.15) is 0 Å². The summed E-state index contributed by atoms with van der Waals surface area (Å²) in [5, 5.41) is 0. The lowest BCUT2D eigenvalue weighted by atomic mass is 9.98. The molecule has 118 valence electrons. The number of carbonyl (C=O) groups is 1. The number of allylic oxidation sites excluding steroid dienone is 1. The Morgan fingerprint density at radius 2 is 1.78 bits per heavy atom. The van der Waals surface area contributed by atoms with Crippen LogP contribution in [0.15, 0.2) is 48.0 Å². The molecule has 0 atom stereocenters. The Kier molecular flexibility index (Phi) is 4.47. The highest BCUT2D eigenvalue weighted by atomic mass is 16.5. The summed E-state index contributed by atoms with van der Waals surface area (Å²) < 4.78 is 10.8. The van der Waals surface area contributed by atoms with Gasteiger partial charge in [-0.15, -0.1) is 0 Å². The second kappa shape index (κ2) is 6.69. The van der Waals surface area contributed by atoms with E-state index in [1.54, 1.807) is 14.2 Å². The first-order valence-corrected chi connectivity index (χ1v) is 7.78. The molecule has 2 aromatic rings. The minimum absolute atomic E-state index is 0.114. The van der Waals surface area contributed by atoms with Crippen LogP contribution in [-0.4, -0.2) is 20.0 Å². The van der Waals surface area contributed by atoms with Gasteiger partial charge < -0.3 is 9.47 Å². The molecule has 1 aliphatic rings. The fourth-order valence-corrected chi connectivity index (χ4v) is 3.07. The molecule has 0 aromatic heterocycles. The summed E-state index contributed by atoms with van der Waals surface area (Å²) >= 11 is 0. The minimum atomic E-state index is 0.114. The first-order valence-electron chi connectivity index (χ1n) is 7.78. The molecular formula is C20H20O3. The van der Waals surface area contributed by atoms with Crippen LogP contribution in [0.2, 0.25) is 0 Å². The van der Waals surface area contributed by atoms with E-state index in [0.29, 0.717) is 11.5 Å². The Bertz CT molecular complexity index is 759. The maximum atomic E-state index is 12.9. The molecule has 23 heavy (non-hydrogen) atoms. The zero-order valence-electron chi connectivity index (χ0n) is 13.5. The number of hydrogen-bond donors (Lipinski definition) is 0. The van der Waals surface area contributed by atoms with E-state index in [1.807, 2.05) is 48.5 Å². The summed E-state index contributed by atoms with van der Waals surface area (Å²) in [6.45, 7) is 0. The molecule has 2 aromatic carbocycles. The Balaban J connectivity index is 2.05. The van der Waals surface area contributed by atoms with Crippen molar-refractivity contribution in [3.8, 4) is 11.5 Å². The summed E-state index contributed by atoms with van der Waals surface area (Å²) in [6.07, 6.45) is 4.62. The molecule has 0 bridgehead atoms. The third-order valence-electron chi connectivity index (χ3n) is 4.21. The van der Waals surface area contributed by atoms with Crippen LogP contribution in [0, 0.1) is 0 Å². The van der Waals surface area contributed by atoms with Gasteiger partial charge in [0.25, 0.3) is 0 Å². The van der Waals surface area contributed by atoms with Crippen molar-refractivity contribution in [1.82, 2.24) is 0 Å². The van der Waals surface area contributed by atoms with Crippen molar-refractivity contribution in [3.05, 3.63) is 64.7 Å². The highest BCUT2D eigenvalue weighted by Crippen LogP contribution is 2.34. The second-order valence-corrected chi connectivity index (χ2v) is 5.59. The highest BCUT2D eigenvalue weighted by molar-refractivity contribution is 6.12. The van der Waals surface area contributed by atoms with Crippen molar-refractivity contribution in [3.63, 3.8) is 0 Å². The summed E-state index contributed by atoms with van der Waals surface area (Å²) in [6, 6.07) is 13.6. The smallest absolute Gasteiger partial charge is 0.189 e. The normalized spacial score (nSPS) is 15.9. The van der Waals surface area contributed by atoms with Crippen molar-refractivity contribution in [1.29, 1.82) is 0 Å². The van der Waals surface area contributed by atoms with Crippen LogP contribution in [0.5, 0.6) is 11.5 Å². The quantitative estimate of drug-likeness (QED) is 0.626. The monoisotopic (exact) mass is 308 g/mol. The van der Waals surface area contributed by atoms with Crippen LogP contribution in [-0.2, 0) is 6.42 Å². The third-order valence-corrected chi connectivity index (χ3v) is 4.21. The van der Waals surface area contributed by atoms with Gasteiger partial charge in [0.05, 0.1) is 14.2 Å². The first-order chi connectivity index (χ1) is 11.2. The fraction of sp³-hybridized carbons (Fsp3) is 0.250. The van der Waals surface area contributed by atoms with Crippen molar-refractivity contribution < 1.29 is 14.3 Å². The van der Waals surface area contributed by atoms with Gasteiger partial charge in [0.15, 0.2) is 17.3 Å². The zero-order valence-corrected chi connectivity index (χ0v) is 13.5. The lowest BCUT2D eigenvalue weighted by molar-refractivity contribution is 0.103. The molecule has 3 rings (SSSR count). The SMILES string of the molecule is COc1cccc(/C=C2\CCCc3ccccc3C2=O)c1OC. The Morgan fingerprint density at radius 3 is 2.57 bits per heavy atom. The number of aryl methyl sites for hydroxylation is 1. The number of fused-ring (bicyclic) bond motifs is 1. The average Bonchev–Trinajstić information content (AvgIpc) is 2.74. The van der Waals surface area contributed by atoms with E-state index in [4.69, 9.17) is 9.47 Å². The molecule has 0 aliphatic heterocycles. The fourth-order valence-electron chi connectivity index (χ4n) is 3.07. The molecule has 0 radical (unpaired) electrons. The number of ketones is 1. The molecule has 0 heterocycles. The van der Waals surface area contributed by atoms with Crippen molar-refractivity contribution >= 4 is 11.9 Å². The minimum Gasteiger partial charge on any atom is -0.493 e. The summed E-state index contributed by atoms with van der Waals surface area (Å²) in [7, 11) is 3.23. The van der Waals surface area contributed by atoms with Crippen molar-refractivity contribution in [2.45, 2.75) is 19.3 Å². The van der Waals surface area contributed by atoms with E-state index in [9.17, 15) is 4.79 Å². The van der Waals surface area contributed by atoms with Crippen LogP contribution in [0.25, 0.3) is 6.08 Å². The lowest BCUT2D eigenvalue weighted by Crippen LogP contribution is -2.03. The van der Waals surface area contributed by atoms with E-state index in [1.165, 1.54) is 0 Å². The van der Waals surface area contributed by atoms with E-state index >= 15 is 0 Å². The maximum absolute atomic E-state index is 12.9. The molecule has 0 amide bonds. The number of para-hydroxylation sites is 1. The predicted molar refractivity (Wildman–Crippen MR) is 91.2 cm³/mol. The van der Waals surface area contributed by atoms with Gasteiger partial charge in [-0.1, -0.05) is 36.4 Å². The van der Waals surface area contributed by atoms with Gasteiger partial charge >= 0.3 is 0 Å². The van der Waals surface area contributed by atoms with Crippen LogP contribution in [0.1, 0.15) is 34.3 Å². The van der Waals surface area contributed by atoms with Crippen LogP contribution >= 0.6 is 0 Å². The molecule has 0 unspecified atom stereocenters. The van der Waals surface area contributed by atoms with E-state index in [-0.39, 0.29) is 5.78 Å². The molecule has 0 fully saturated rings. The second-order valence-electron chi connectivity index (χ2n) is 5.59. The van der Waals surface area contributed by atoms with Gasteiger partial charge in [-0.05, 0) is 37.0 Å². The number of benzene rings is 2. The van der Waals surface area contributed by atoms with Gasteiger partial charge in [0, 0.05) is 16.7 Å². The number of rotatable bonds is 3. The van der Waals surface area contributed by atoms with Crippen molar-refractivity contribution in [2.24, 2.45) is 0 Å². The number of Topliss-reactive ketones (excluding diaryl/α,β-unsaturated/α-hetero) is 1. The maximum Gasteiger partial charge on any atom is 0.189 e. The van der Waals surface area contributed by atoms with E-state index in [0.717, 1.165) is 41.5 Å². The molecule has 0 saturated carbocycles. The van der Waals surface area contributed by atoms with Gasteiger partial charge in [0.1, 0.15) is 0 Å².